The van der Waals surface area contributed by atoms with E-state index in [0.29, 0.717) is 13.0 Å². The van der Waals surface area contributed by atoms with Gasteiger partial charge in [0.25, 0.3) is 0 Å². The van der Waals surface area contributed by atoms with Crippen molar-refractivity contribution < 1.29 is 4.39 Å². The van der Waals surface area contributed by atoms with Crippen LogP contribution >= 0.6 is 15.9 Å². The molecule has 0 radical (unpaired) electrons. The number of nitrogens with zero attached hydrogens (tertiary/aromatic N) is 1. The van der Waals surface area contributed by atoms with E-state index in [4.69, 9.17) is 0 Å². The molecule has 1 aliphatic heterocycles. The van der Waals surface area contributed by atoms with Gasteiger partial charge in [-0.15, -0.1) is 0 Å². The third-order valence-corrected chi connectivity index (χ3v) is 3.29. The molecule has 1 nitrogen and oxygen atoms in total. The van der Waals surface area contributed by atoms with Gasteiger partial charge in [0.05, 0.1) is 12.2 Å². The van der Waals surface area contributed by atoms with Crippen molar-refractivity contribution in [1.82, 2.24) is 0 Å². The summed E-state index contributed by atoms with van der Waals surface area (Å²) in [6, 6.07) is 7.96. The SMILES string of the molecule is CC1(F)CCN(c2ccccc2Br)C1. The first-order valence-corrected chi connectivity index (χ1v) is 5.56. The average Bonchev–Trinajstić information content (AvgIpc) is 2.47. The fraction of sp³-hybridized carbons (Fsp3) is 0.455. The molecule has 0 spiro atoms. The maximum atomic E-state index is 13.6. The standard InChI is InChI=1S/C11H13BrFN/c1-11(13)6-7-14(8-11)10-5-3-2-4-9(10)12/h2-5H,6-8H2,1H3. The molecule has 1 heterocycles. The summed E-state index contributed by atoms with van der Waals surface area (Å²) in [6.07, 6.45) is 0.619. The highest BCUT2D eigenvalue weighted by atomic mass is 79.9. The number of hydrogen-bond acceptors (Lipinski definition) is 1. The Labute approximate surface area is 92.0 Å². The van der Waals surface area contributed by atoms with Crippen LogP contribution in [0.5, 0.6) is 0 Å². The van der Waals surface area contributed by atoms with Crippen molar-refractivity contribution in [3.63, 3.8) is 0 Å². The second-order valence-electron chi connectivity index (χ2n) is 4.04. The zero-order chi connectivity index (χ0) is 10.2. The molecule has 0 N–H and O–H groups in total. The summed E-state index contributed by atoms with van der Waals surface area (Å²) >= 11 is 3.48. The number of halogens is 2. The van der Waals surface area contributed by atoms with E-state index in [1.165, 1.54) is 0 Å². The van der Waals surface area contributed by atoms with Crippen LogP contribution in [0.15, 0.2) is 28.7 Å². The normalized spacial score (nSPS) is 26.9. The molecule has 0 amide bonds. The van der Waals surface area contributed by atoms with Gasteiger partial charge < -0.3 is 4.90 Å². The second-order valence-corrected chi connectivity index (χ2v) is 4.89. The van der Waals surface area contributed by atoms with Gasteiger partial charge in [-0.3, -0.25) is 0 Å². The van der Waals surface area contributed by atoms with Crippen molar-refractivity contribution in [3.8, 4) is 0 Å². The molecule has 14 heavy (non-hydrogen) atoms. The van der Waals surface area contributed by atoms with Crippen molar-refractivity contribution in [2.75, 3.05) is 18.0 Å². The number of para-hydroxylation sites is 1. The first-order valence-electron chi connectivity index (χ1n) is 4.77. The lowest BCUT2D eigenvalue weighted by Crippen LogP contribution is -2.25. The minimum Gasteiger partial charge on any atom is -0.367 e. The topological polar surface area (TPSA) is 3.24 Å². The predicted molar refractivity (Wildman–Crippen MR) is 60.5 cm³/mol. The molecule has 0 aliphatic carbocycles. The van der Waals surface area contributed by atoms with Gasteiger partial charge in [0.15, 0.2) is 0 Å². The number of rotatable bonds is 1. The molecular formula is C11H13BrFN. The molecule has 1 aromatic carbocycles. The van der Waals surface area contributed by atoms with Crippen LogP contribution in [-0.4, -0.2) is 18.8 Å². The molecule has 0 saturated carbocycles. The van der Waals surface area contributed by atoms with Crippen molar-refractivity contribution in [3.05, 3.63) is 28.7 Å². The zero-order valence-electron chi connectivity index (χ0n) is 8.13. The van der Waals surface area contributed by atoms with Crippen LogP contribution in [0, 0.1) is 0 Å². The lowest BCUT2D eigenvalue weighted by Gasteiger charge is -2.20. The molecule has 0 aromatic heterocycles. The van der Waals surface area contributed by atoms with Gasteiger partial charge in [-0.25, -0.2) is 4.39 Å². The van der Waals surface area contributed by atoms with Crippen molar-refractivity contribution >= 4 is 21.6 Å². The molecule has 76 valence electrons. The lowest BCUT2D eigenvalue weighted by molar-refractivity contribution is 0.221. The van der Waals surface area contributed by atoms with Gasteiger partial charge in [-0.1, -0.05) is 12.1 Å². The van der Waals surface area contributed by atoms with E-state index in [2.05, 4.69) is 20.8 Å². The number of anilines is 1. The fourth-order valence-electron chi connectivity index (χ4n) is 1.84. The van der Waals surface area contributed by atoms with Gasteiger partial charge in [-0.2, -0.15) is 0 Å². The molecule has 1 aromatic rings. The molecule has 1 aliphatic rings. The Kier molecular flexibility index (Phi) is 2.52. The fourth-order valence-corrected chi connectivity index (χ4v) is 2.37. The van der Waals surface area contributed by atoms with Crippen LogP contribution in [0.3, 0.4) is 0 Å². The smallest absolute Gasteiger partial charge is 0.127 e. The Morgan fingerprint density at radius 3 is 2.71 bits per heavy atom. The Bertz CT molecular complexity index is 338. The van der Waals surface area contributed by atoms with Gasteiger partial charge in [0.1, 0.15) is 5.67 Å². The first-order chi connectivity index (χ1) is 6.58. The highest BCUT2D eigenvalue weighted by Gasteiger charge is 2.33. The van der Waals surface area contributed by atoms with Gasteiger partial charge in [0, 0.05) is 17.4 Å². The molecular weight excluding hydrogens is 245 g/mol. The Hall–Kier alpha value is -0.570. The summed E-state index contributed by atoms with van der Waals surface area (Å²) in [7, 11) is 0. The van der Waals surface area contributed by atoms with E-state index < -0.39 is 5.67 Å². The summed E-state index contributed by atoms with van der Waals surface area (Å²) in [5, 5.41) is 0. The van der Waals surface area contributed by atoms with Gasteiger partial charge in [0.2, 0.25) is 0 Å². The molecule has 1 unspecified atom stereocenters. The van der Waals surface area contributed by atoms with E-state index in [0.717, 1.165) is 16.7 Å². The lowest BCUT2D eigenvalue weighted by atomic mass is 10.1. The molecule has 1 atom stereocenters. The Morgan fingerprint density at radius 2 is 2.14 bits per heavy atom. The van der Waals surface area contributed by atoms with E-state index in [-0.39, 0.29) is 0 Å². The molecule has 2 rings (SSSR count). The summed E-state index contributed by atoms with van der Waals surface area (Å²) < 4.78 is 14.7. The highest BCUT2D eigenvalue weighted by Crippen LogP contribution is 2.33. The highest BCUT2D eigenvalue weighted by molar-refractivity contribution is 9.10. The van der Waals surface area contributed by atoms with Crippen molar-refractivity contribution in [2.24, 2.45) is 0 Å². The molecule has 1 saturated heterocycles. The minimum absolute atomic E-state index is 0.496. The number of hydrogen-bond donors (Lipinski definition) is 0. The van der Waals surface area contributed by atoms with Crippen LogP contribution in [0.4, 0.5) is 10.1 Å². The van der Waals surface area contributed by atoms with Crippen LogP contribution in [-0.2, 0) is 0 Å². The first kappa shape index (κ1) is 9.97. The Morgan fingerprint density at radius 1 is 1.43 bits per heavy atom. The third-order valence-electron chi connectivity index (χ3n) is 2.62. The number of benzene rings is 1. The molecule has 3 heteroatoms. The van der Waals surface area contributed by atoms with Crippen molar-refractivity contribution in [2.45, 2.75) is 19.0 Å². The summed E-state index contributed by atoms with van der Waals surface area (Å²) in [5.41, 5.74) is 0.0591. The van der Waals surface area contributed by atoms with Crippen LogP contribution < -0.4 is 4.90 Å². The van der Waals surface area contributed by atoms with Gasteiger partial charge >= 0.3 is 0 Å². The predicted octanol–water partition coefficient (Wildman–Crippen LogP) is 3.39. The number of alkyl halides is 1. The molecule has 1 fully saturated rings. The minimum atomic E-state index is -1.03. The Balaban J connectivity index is 2.22. The van der Waals surface area contributed by atoms with Gasteiger partial charge in [-0.05, 0) is 35.0 Å². The third kappa shape index (κ3) is 1.92. The summed E-state index contributed by atoms with van der Waals surface area (Å²) in [4.78, 5) is 2.09. The molecule has 0 bridgehead atoms. The second kappa shape index (κ2) is 3.54. The average molecular weight is 258 g/mol. The maximum Gasteiger partial charge on any atom is 0.127 e. The van der Waals surface area contributed by atoms with Crippen LogP contribution in [0.25, 0.3) is 0 Å². The monoisotopic (exact) mass is 257 g/mol. The summed E-state index contributed by atoms with van der Waals surface area (Å²) in [6.45, 7) is 2.97. The van der Waals surface area contributed by atoms with E-state index in [1.807, 2.05) is 24.3 Å². The zero-order valence-corrected chi connectivity index (χ0v) is 9.72. The summed E-state index contributed by atoms with van der Waals surface area (Å²) in [5.74, 6) is 0. The largest absolute Gasteiger partial charge is 0.367 e. The van der Waals surface area contributed by atoms with Crippen molar-refractivity contribution in [1.29, 1.82) is 0 Å². The maximum absolute atomic E-state index is 13.6. The van der Waals surface area contributed by atoms with E-state index in [1.54, 1.807) is 6.92 Å². The quantitative estimate of drug-likeness (QED) is 0.746. The van der Waals surface area contributed by atoms with E-state index in [9.17, 15) is 4.39 Å². The van der Waals surface area contributed by atoms with Crippen LogP contribution in [0.1, 0.15) is 13.3 Å². The van der Waals surface area contributed by atoms with E-state index >= 15 is 0 Å². The van der Waals surface area contributed by atoms with Crippen LogP contribution in [0.2, 0.25) is 0 Å².